The van der Waals surface area contributed by atoms with Crippen LogP contribution in [0.4, 0.5) is 0 Å². The summed E-state index contributed by atoms with van der Waals surface area (Å²) in [5.41, 5.74) is 3.12. The molecule has 158 valence electrons. The molecule has 5 heterocycles. The van der Waals surface area contributed by atoms with Crippen molar-refractivity contribution < 1.29 is 14.3 Å². The average Bonchev–Trinajstić information content (AvgIpc) is 3.29. The summed E-state index contributed by atoms with van der Waals surface area (Å²) < 4.78 is 13.2. The van der Waals surface area contributed by atoms with E-state index in [1.807, 2.05) is 39.8 Å². The Morgan fingerprint density at radius 3 is 2.84 bits per heavy atom. The molecule has 2 atom stereocenters. The molecule has 3 aliphatic rings. The van der Waals surface area contributed by atoms with Crippen molar-refractivity contribution in [2.45, 2.75) is 18.9 Å². The van der Waals surface area contributed by atoms with E-state index in [0.717, 1.165) is 17.7 Å². The van der Waals surface area contributed by atoms with Crippen molar-refractivity contribution in [1.29, 1.82) is 0 Å². The zero-order valence-electron chi connectivity index (χ0n) is 16.9. The second kappa shape index (κ2) is 7.01. The number of likely N-dealkylation sites (tertiary alicyclic amines) is 1. The van der Waals surface area contributed by atoms with E-state index in [1.165, 1.54) is 0 Å². The number of aromatic nitrogens is 3. The second-order valence-corrected chi connectivity index (χ2v) is 8.43. The third kappa shape index (κ3) is 3.01. The van der Waals surface area contributed by atoms with Crippen LogP contribution >= 0.6 is 0 Å². The summed E-state index contributed by atoms with van der Waals surface area (Å²) in [6.45, 7) is 2.95. The maximum Gasteiger partial charge on any atom is 0.257 e. The predicted octanol–water partition coefficient (Wildman–Crippen LogP) is 2.27. The number of rotatable bonds is 2. The van der Waals surface area contributed by atoms with Crippen molar-refractivity contribution in [3.05, 3.63) is 64.2 Å². The Morgan fingerprint density at radius 1 is 1.06 bits per heavy atom. The lowest BCUT2D eigenvalue weighted by molar-refractivity contribution is 0.0595. The fourth-order valence-electron chi connectivity index (χ4n) is 5.10. The lowest BCUT2D eigenvalue weighted by Crippen LogP contribution is -2.49. The highest BCUT2D eigenvalue weighted by Crippen LogP contribution is 2.37. The zero-order valence-corrected chi connectivity index (χ0v) is 16.9. The molecular weight excluding hydrogens is 396 g/mol. The van der Waals surface area contributed by atoms with Gasteiger partial charge in [0.2, 0.25) is 0 Å². The summed E-state index contributed by atoms with van der Waals surface area (Å²) >= 11 is 0. The molecule has 2 bridgehead atoms. The van der Waals surface area contributed by atoms with Crippen molar-refractivity contribution in [3.8, 4) is 22.8 Å². The Balaban J connectivity index is 1.30. The van der Waals surface area contributed by atoms with E-state index in [4.69, 9.17) is 9.47 Å². The van der Waals surface area contributed by atoms with Crippen LogP contribution < -0.4 is 15.0 Å². The number of fused-ring (bicyclic) bond motifs is 5. The summed E-state index contributed by atoms with van der Waals surface area (Å²) in [6, 6.07) is 11.1. The van der Waals surface area contributed by atoms with E-state index in [1.54, 1.807) is 12.3 Å². The fourth-order valence-corrected chi connectivity index (χ4v) is 5.10. The summed E-state index contributed by atoms with van der Waals surface area (Å²) in [7, 11) is 0. The highest BCUT2D eigenvalue weighted by molar-refractivity contribution is 6.00. The van der Waals surface area contributed by atoms with Crippen LogP contribution in [0.2, 0.25) is 0 Å². The quantitative estimate of drug-likeness (QED) is 0.690. The number of hydrogen-bond donors (Lipinski definition) is 1. The standard InChI is InChI=1S/C23H22N4O4/c28-21-3-1-2-18-16-8-14(12-27(18)21)11-26(13-16)23(29)17-10-24-25-22(17)15-4-5-19-20(9-15)31-7-6-30-19/h1-5,9-10,14,16H,6-8,11-13H2,(H,24,25). The first kappa shape index (κ1) is 18.2. The van der Waals surface area contributed by atoms with E-state index < -0.39 is 0 Å². The fraction of sp³-hybridized carbons (Fsp3) is 0.348. The summed E-state index contributed by atoms with van der Waals surface area (Å²) in [4.78, 5) is 27.7. The van der Waals surface area contributed by atoms with Gasteiger partial charge in [-0.05, 0) is 36.6 Å². The number of H-pyrrole nitrogens is 1. The number of hydrogen-bond acceptors (Lipinski definition) is 5. The topological polar surface area (TPSA) is 89.5 Å². The van der Waals surface area contributed by atoms with E-state index >= 15 is 0 Å². The number of nitrogens with one attached hydrogen (secondary N) is 1. The molecule has 0 spiro atoms. The summed E-state index contributed by atoms with van der Waals surface area (Å²) in [6.07, 6.45) is 2.60. The normalized spacial score (nSPS) is 21.5. The van der Waals surface area contributed by atoms with E-state index in [9.17, 15) is 9.59 Å². The van der Waals surface area contributed by atoms with E-state index in [2.05, 4.69) is 10.2 Å². The molecule has 31 heavy (non-hydrogen) atoms. The Labute approximate surface area is 178 Å². The Morgan fingerprint density at radius 2 is 1.94 bits per heavy atom. The summed E-state index contributed by atoms with van der Waals surface area (Å²) in [5.74, 6) is 1.79. The Kier molecular flexibility index (Phi) is 4.12. The van der Waals surface area contributed by atoms with Crippen molar-refractivity contribution >= 4 is 5.91 Å². The van der Waals surface area contributed by atoms with Gasteiger partial charge in [-0.1, -0.05) is 6.07 Å². The van der Waals surface area contributed by atoms with E-state index in [-0.39, 0.29) is 23.3 Å². The zero-order chi connectivity index (χ0) is 20.9. The number of benzene rings is 1. The van der Waals surface area contributed by atoms with Gasteiger partial charge in [-0.2, -0.15) is 5.10 Å². The van der Waals surface area contributed by atoms with Crippen LogP contribution in [-0.2, 0) is 6.54 Å². The third-order valence-corrected chi connectivity index (χ3v) is 6.47. The molecule has 1 saturated heterocycles. The molecule has 2 unspecified atom stereocenters. The Bertz CT molecular complexity index is 1230. The third-order valence-electron chi connectivity index (χ3n) is 6.47. The molecule has 3 aliphatic heterocycles. The first-order valence-electron chi connectivity index (χ1n) is 10.6. The molecule has 1 fully saturated rings. The van der Waals surface area contributed by atoms with Gasteiger partial charge in [0.15, 0.2) is 11.5 Å². The van der Waals surface area contributed by atoms with Gasteiger partial charge in [-0.25, -0.2) is 0 Å². The molecule has 1 amide bonds. The molecule has 8 nitrogen and oxygen atoms in total. The average molecular weight is 418 g/mol. The molecule has 0 radical (unpaired) electrons. The maximum atomic E-state index is 13.5. The number of nitrogens with zero attached hydrogens (tertiary/aromatic N) is 3. The van der Waals surface area contributed by atoms with Crippen LogP contribution in [0.5, 0.6) is 11.5 Å². The van der Waals surface area contributed by atoms with Crippen LogP contribution in [0.3, 0.4) is 0 Å². The molecule has 3 aromatic rings. The van der Waals surface area contributed by atoms with Crippen molar-refractivity contribution in [2.75, 3.05) is 26.3 Å². The minimum atomic E-state index is -0.0416. The minimum Gasteiger partial charge on any atom is -0.486 e. The van der Waals surface area contributed by atoms with Crippen LogP contribution in [0, 0.1) is 5.92 Å². The van der Waals surface area contributed by atoms with Gasteiger partial charge in [0.25, 0.3) is 11.5 Å². The van der Waals surface area contributed by atoms with Gasteiger partial charge in [0.05, 0.1) is 17.5 Å². The number of piperidine rings is 1. The lowest BCUT2D eigenvalue weighted by Gasteiger charge is -2.42. The molecule has 0 saturated carbocycles. The van der Waals surface area contributed by atoms with Crippen LogP contribution in [0.15, 0.2) is 47.4 Å². The predicted molar refractivity (Wildman–Crippen MR) is 112 cm³/mol. The molecule has 0 aliphatic carbocycles. The highest BCUT2D eigenvalue weighted by Gasteiger charge is 2.37. The van der Waals surface area contributed by atoms with Gasteiger partial charge < -0.3 is 18.9 Å². The number of pyridine rings is 1. The summed E-state index contributed by atoms with van der Waals surface area (Å²) in [5, 5.41) is 7.14. The van der Waals surface area contributed by atoms with Gasteiger partial charge in [-0.3, -0.25) is 14.7 Å². The molecule has 2 aromatic heterocycles. The number of ether oxygens (including phenoxy) is 2. The SMILES string of the molecule is O=C(c1cn[nH]c1-c1ccc2c(c1)OCCO2)N1CC2CC(C1)c1cccc(=O)n1C2. The van der Waals surface area contributed by atoms with Gasteiger partial charge in [0, 0.05) is 42.9 Å². The highest BCUT2D eigenvalue weighted by atomic mass is 16.6. The number of carbonyl (C=O) groups is 1. The first-order chi connectivity index (χ1) is 15.2. The van der Waals surface area contributed by atoms with Gasteiger partial charge >= 0.3 is 0 Å². The Hall–Kier alpha value is -3.55. The lowest BCUT2D eigenvalue weighted by atomic mass is 9.83. The minimum absolute atomic E-state index is 0.0416. The smallest absolute Gasteiger partial charge is 0.257 e. The van der Waals surface area contributed by atoms with Crippen LogP contribution in [0.25, 0.3) is 11.3 Å². The molecule has 6 rings (SSSR count). The number of carbonyl (C=O) groups excluding carboxylic acids is 1. The monoisotopic (exact) mass is 418 g/mol. The first-order valence-corrected chi connectivity index (χ1v) is 10.6. The number of amides is 1. The number of aromatic amines is 1. The molecule has 1 N–H and O–H groups in total. The molecule has 1 aromatic carbocycles. The van der Waals surface area contributed by atoms with Gasteiger partial charge in [0.1, 0.15) is 13.2 Å². The maximum absolute atomic E-state index is 13.5. The van der Waals surface area contributed by atoms with Crippen molar-refractivity contribution in [1.82, 2.24) is 19.7 Å². The van der Waals surface area contributed by atoms with Crippen LogP contribution in [-0.4, -0.2) is 51.9 Å². The second-order valence-electron chi connectivity index (χ2n) is 8.43. The largest absolute Gasteiger partial charge is 0.486 e. The van der Waals surface area contributed by atoms with Crippen LogP contribution in [0.1, 0.15) is 28.4 Å². The van der Waals surface area contributed by atoms with Crippen molar-refractivity contribution in [3.63, 3.8) is 0 Å². The van der Waals surface area contributed by atoms with E-state index in [0.29, 0.717) is 55.6 Å². The van der Waals surface area contributed by atoms with Gasteiger partial charge in [-0.15, -0.1) is 0 Å². The van der Waals surface area contributed by atoms with Crippen molar-refractivity contribution in [2.24, 2.45) is 5.92 Å². The molecule has 8 heteroatoms. The molecular formula is C23H22N4O4.